The van der Waals surface area contributed by atoms with Crippen LogP contribution in [-0.2, 0) is 23.8 Å². The average molecular weight is 304 g/mol. The summed E-state index contributed by atoms with van der Waals surface area (Å²) in [5, 5.41) is 0. The Morgan fingerprint density at radius 1 is 0.615 bits per heavy atom. The monoisotopic (exact) mass is 302 g/mol. The van der Waals surface area contributed by atoms with Gasteiger partial charge in [0.15, 0.2) is 0 Å². The molecule has 0 saturated carbocycles. The van der Waals surface area contributed by atoms with Crippen molar-refractivity contribution in [3.63, 3.8) is 0 Å². The van der Waals surface area contributed by atoms with Gasteiger partial charge in [-0.05, 0) is 0 Å². The second kappa shape index (κ2) is 7.65. The SMILES string of the molecule is C1CC[N]([Zr][N]2CCCC2)C1.Cl.Cl. The van der Waals surface area contributed by atoms with E-state index in [1.165, 1.54) is 51.9 Å². The molecule has 78 valence electrons. The van der Waals surface area contributed by atoms with Gasteiger partial charge in [0.05, 0.1) is 0 Å². The standard InChI is InChI=1S/2C4H8N.2ClH.Zr/c2*1-2-4-5-3-1;;;/h2*1-4H2;2*1H;/q2*-1;;;+2. The molecule has 0 spiro atoms. The van der Waals surface area contributed by atoms with Crippen molar-refractivity contribution in [1.29, 1.82) is 0 Å². The van der Waals surface area contributed by atoms with E-state index in [0.717, 1.165) is 0 Å². The van der Waals surface area contributed by atoms with Gasteiger partial charge < -0.3 is 0 Å². The largest absolute Gasteiger partial charge is 0.147 e. The van der Waals surface area contributed by atoms with E-state index >= 15 is 0 Å². The van der Waals surface area contributed by atoms with Gasteiger partial charge in [-0.2, -0.15) is 0 Å². The minimum atomic E-state index is -0.242. The fourth-order valence-electron chi connectivity index (χ4n) is 1.83. The maximum atomic E-state index is 2.76. The fraction of sp³-hybridized carbons (Fsp3) is 1.00. The summed E-state index contributed by atoms with van der Waals surface area (Å²) in [5.74, 6) is 0. The third kappa shape index (κ3) is 4.62. The first-order valence-electron chi connectivity index (χ1n) is 4.71. The number of halogens is 2. The molecule has 2 rings (SSSR count). The predicted octanol–water partition coefficient (Wildman–Crippen LogP) is 1.93. The van der Waals surface area contributed by atoms with Gasteiger partial charge in [0, 0.05) is 0 Å². The van der Waals surface area contributed by atoms with Crippen LogP contribution in [0.2, 0.25) is 0 Å². The van der Waals surface area contributed by atoms with Crippen LogP contribution in [0.15, 0.2) is 0 Å². The van der Waals surface area contributed by atoms with Gasteiger partial charge in [-0.3, -0.25) is 0 Å². The van der Waals surface area contributed by atoms with E-state index in [2.05, 4.69) is 5.69 Å². The molecule has 2 aliphatic heterocycles. The summed E-state index contributed by atoms with van der Waals surface area (Å²) < 4.78 is 5.52. The minimum absolute atomic E-state index is 0. The van der Waals surface area contributed by atoms with Gasteiger partial charge in [-0.15, -0.1) is 24.8 Å². The van der Waals surface area contributed by atoms with Crippen molar-refractivity contribution in [2.24, 2.45) is 0 Å². The number of rotatable bonds is 2. The average Bonchev–Trinajstić information content (AvgIpc) is 2.60. The smallest absolute Gasteiger partial charge is 0.147 e. The van der Waals surface area contributed by atoms with Crippen molar-refractivity contribution < 1.29 is 23.8 Å². The van der Waals surface area contributed by atoms with Crippen molar-refractivity contribution in [3.8, 4) is 0 Å². The summed E-state index contributed by atoms with van der Waals surface area (Å²) in [4.78, 5) is 0. The minimum Gasteiger partial charge on any atom is -0.147 e. The summed E-state index contributed by atoms with van der Waals surface area (Å²) in [7, 11) is 0. The Morgan fingerprint density at radius 2 is 0.923 bits per heavy atom. The topological polar surface area (TPSA) is 6.48 Å². The summed E-state index contributed by atoms with van der Waals surface area (Å²) in [6, 6.07) is 0. The third-order valence-electron chi connectivity index (χ3n) is 2.49. The Labute approximate surface area is 106 Å². The van der Waals surface area contributed by atoms with Gasteiger partial charge in [-0.25, -0.2) is 0 Å². The van der Waals surface area contributed by atoms with Crippen LogP contribution in [0.5, 0.6) is 0 Å². The molecule has 0 radical (unpaired) electrons. The Morgan fingerprint density at radius 3 is 1.23 bits per heavy atom. The molecule has 0 amide bonds. The maximum Gasteiger partial charge on any atom is -0.147 e. The first-order valence-corrected chi connectivity index (χ1v) is 6.91. The van der Waals surface area contributed by atoms with Crippen LogP contribution >= 0.6 is 24.8 Å². The van der Waals surface area contributed by atoms with Gasteiger partial charge in [0.1, 0.15) is 0 Å². The van der Waals surface area contributed by atoms with E-state index in [1.807, 2.05) is 0 Å². The van der Waals surface area contributed by atoms with E-state index in [0.29, 0.717) is 0 Å². The van der Waals surface area contributed by atoms with E-state index in [4.69, 9.17) is 0 Å². The Hall–Kier alpha value is 1.38. The van der Waals surface area contributed by atoms with Gasteiger partial charge >= 0.3 is 81.4 Å². The molecule has 2 aliphatic rings. The zero-order valence-corrected chi connectivity index (χ0v) is 12.0. The van der Waals surface area contributed by atoms with Crippen LogP contribution in [0.1, 0.15) is 25.7 Å². The molecule has 2 nitrogen and oxygen atoms in total. The zero-order valence-electron chi connectivity index (χ0n) is 7.87. The second-order valence-electron chi connectivity index (χ2n) is 3.49. The van der Waals surface area contributed by atoms with Crippen LogP contribution in [0.3, 0.4) is 0 Å². The van der Waals surface area contributed by atoms with Crippen LogP contribution in [0.4, 0.5) is 0 Å². The molecule has 0 unspecified atom stereocenters. The molecule has 13 heavy (non-hydrogen) atoms. The van der Waals surface area contributed by atoms with E-state index in [1.54, 1.807) is 0 Å². The Kier molecular flexibility index (Phi) is 8.46. The molecule has 2 saturated heterocycles. The maximum absolute atomic E-state index is 2.76. The van der Waals surface area contributed by atoms with E-state index in [-0.39, 0.29) is 48.6 Å². The Balaban J connectivity index is 0.000000720. The van der Waals surface area contributed by atoms with Gasteiger partial charge in [0.2, 0.25) is 0 Å². The molecule has 0 aliphatic carbocycles. The van der Waals surface area contributed by atoms with Crippen molar-refractivity contribution in [2.45, 2.75) is 25.7 Å². The normalized spacial score (nSPS) is 23.7. The van der Waals surface area contributed by atoms with Gasteiger partial charge in [-0.1, -0.05) is 0 Å². The summed E-state index contributed by atoms with van der Waals surface area (Å²) >= 11 is -0.242. The number of nitrogens with zero attached hydrogens (tertiary/aromatic N) is 2. The molecular formula is C8H18Cl2N2Zr. The molecule has 0 bridgehead atoms. The molecule has 0 aromatic heterocycles. The fourth-order valence-corrected chi connectivity index (χ4v) is 5.36. The molecule has 0 atom stereocenters. The Bertz CT molecular complexity index is 111. The third-order valence-corrected chi connectivity index (χ3v) is 6.08. The van der Waals surface area contributed by atoms with E-state index < -0.39 is 0 Å². The molecule has 5 heteroatoms. The van der Waals surface area contributed by atoms with Crippen LogP contribution in [0, 0.1) is 0 Å². The van der Waals surface area contributed by atoms with Crippen molar-refractivity contribution in [1.82, 2.24) is 5.69 Å². The number of hydrogen-bond donors (Lipinski definition) is 0. The van der Waals surface area contributed by atoms with Crippen molar-refractivity contribution in [3.05, 3.63) is 0 Å². The summed E-state index contributed by atoms with van der Waals surface area (Å²) in [6.07, 6.45) is 5.87. The molecule has 2 heterocycles. The first kappa shape index (κ1) is 14.4. The zero-order chi connectivity index (χ0) is 7.52. The van der Waals surface area contributed by atoms with Crippen LogP contribution in [0.25, 0.3) is 0 Å². The number of hydrogen-bond acceptors (Lipinski definition) is 2. The van der Waals surface area contributed by atoms with Crippen LogP contribution < -0.4 is 0 Å². The molecule has 0 N–H and O–H groups in total. The second-order valence-corrected chi connectivity index (χ2v) is 7.09. The molecular weight excluding hydrogens is 286 g/mol. The first-order chi connectivity index (χ1) is 5.45. The predicted molar refractivity (Wildman–Crippen MR) is 56.1 cm³/mol. The van der Waals surface area contributed by atoms with Crippen molar-refractivity contribution >= 4 is 24.8 Å². The summed E-state index contributed by atoms with van der Waals surface area (Å²) in [5.41, 5.74) is 0. The molecule has 0 aromatic carbocycles. The van der Waals surface area contributed by atoms with Crippen LogP contribution in [-0.4, -0.2) is 31.9 Å². The summed E-state index contributed by atoms with van der Waals surface area (Å²) in [6.45, 7) is 5.68. The van der Waals surface area contributed by atoms with E-state index in [9.17, 15) is 0 Å². The quantitative estimate of drug-likeness (QED) is 0.769. The molecule has 0 aromatic rings. The molecule has 2 fully saturated rings. The van der Waals surface area contributed by atoms with Crippen molar-refractivity contribution in [2.75, 3.05) is 26.2 Å². The van der Waals surface area contributed by atoms with Gasteiger partial charge in [0.25, 0.3) is 0 Å².